The summed E-state index contributed by atoms with van der Waals surface area (Å²) in [7, 11) is 4.22. The Morgan fingerprint density at radius 3 is 2.38 bits per heavy atom. The first-order valence-electron chi connectivity index (χ1n) is 10.8. The van der Waals surface area contributed by atoms with Crippen LogP contribution in [0.4, 0.5) is 0 Å². The summed E-state index contributed by atoms with van der Waals surface area (Å²) in [6.45, 7) is 6.71. The van der Waals surface area contributed by atoms with Gasteiger partial charge in [-0.2, -0.15) is 0 Å². The number of rotatable bonds is 5. The quantitative estimate of drug-likeness (QED) is 0.612. The second-order valence-corrected chi connectivity index (χ2v) is 10.5. The van der Waals surface area contributed by atoms with E-state index < -0.39 is 5.60 Å². The van der Waals surface area contributed by atoms with Crippen LogP contribution in [0.15, 0.2) is 48.5 Å². The van der Waals surface area contributed by atoms with E-state index in [4.69, 9.17) is 11.6 Å². The monoisotopic (exact) mass is 413 g/mol. The molecular weight excluding hydrogens is 378 g/mol. The van der Waals surface area contributed by atoms with Crippen LogP contribution in [0.3, 0.4) is 0 Å². The van der Waals surface area contributed by atoms with E-state index in [-0.39, 0.29) is 17.4 Å². The lowest BCUT2D eigenvalue weighted by atomic mass is 9.67. The molecule has 0 spiro atoms. The molecule has 0 amide bonds. The van der Waals surface area contributed by atoms with Crippen LogP contribution in [0.2, 0.25) is 5.02 Å². The van der Waals surface area contributed by atoms with Gasteiger partial charge in [-0.1, -0.05) is 81.6 Å². The third-order valence-electron chi connectivity index (χ3n) is 6.52. The average Bonchev–Trinajstić information content (AvgIpc) is 2.63. The van der Waals surface area contributed by atoms with Crippen LogP contribution in [0, 0.1) is 5.92 Å². The molecule has 0 radical (unpaired) electrons. The van der Waals surface area contributed by atoms with Crippen molar-refractivity contribution < 1.29 is 5.11 Å². The van der Waals surface area contributed by atoms with Gasteiger partial charge in [-0.3, -0.25) is 0 Å². The standard InChI is InChI=1S/C26H36ClNO/c1-25(2,3)21-14-12-19(13-15-21)18-26(29)16-7-6-11-23(26)24(28(4)5)20-9-8-10-22(27)17-20/h8-10,12-15,17,23-24,29H,6-7,11,16,18H2,1-5H3. The van der Waals surface area contributed by atoms with Crippen molar-refractivity contribution in [3.8, 4) is 0 Å². The minimum absolute atomic E-state index is 0.144. The molecule has 1 N–H and O–H groups in total. The summed E-state index contributed by atoms with van der Waals surface area (Å²) in [5.41, 5.74) is 3.18. The normalized spacial score (nSPS) is 23.9. The minimum atomic E-state index is -0.710. The predicted octanol–water partition coefficient (Wildman–Crippen LogP) is 6.40. The van der Waals surface area contributed by atoms with Gasteiger partial charge in [0.2, 0.25) is 0 Å². The van der Waals surface area contributed by atoms with E-state index in [0.29, 0.717) is 6.42 Å². The zero-order chi connectivity index (χ0) is 21.2. The van der Waals surface area contributed by atoms with Crippen LogP contribution in [0.5, 0.6) is 0 Å². The van der Waals surface area contributed by atoms with E-state index in [9.17, 15) is 5.11 Å². The lowest BCUT2D eigenvalue weighted by Gasteiger charge is -2.46. The highest BCUT2D eigenvalue weighted by molar-refractivity contribution is 6.30. The van der Waals surface area contributed by atoms with E-state index >= 15 is 0 Å². The molecule has 2 aromatic rings. The van der Waals surface area contributed by atoms with Crippen molar-refractivity contribution in [3.63, 3.8) is 0 Å². The van der Waals surface area contributed by atoms with Gasteiger partial charge in [0.25, 0.3) is 0 Å². The fourth-order valence-corrected chi connectivity index (χ4v) is 5.18. The highest BCUT2D eigenvalue weighted by Crippen LogP contribution is 2.45. The molecule has 2 nitrogen and oxygen atoms in total. The molecule has 0 saturated heterocycles. The van der Waals surface area contributed by atoms with Gasteiger partial charge >= 0.3 is 0 Å². The Kier molecular flexibility index (Phi) is 6.77. The van der Waals surface area contributed by atoms with Crippen LogP contribution in [0.1, 0.15) is 69.2 Å². The lowest BCUT2D eigenvalue weighted by Crippen LogP contribution is -2.48. The largest absolute Gasteiger partial charge is 0.389 e. The zero-order valence-corrected chi connectivity index (χ0v) is 19.3. The minimum Gasteiger partial charge on any atom is -0.389 e. The van der Waals surface area contributed by atoms with Crippen molar-refractivity contribution in [3.05, 3.63) is 70.2 Å². The Morgan fingerprint density at radius 2 is 1.79 bits per heavy atom. The molecule has 158 valence electrons. The zero-order valence-electron chi connectivity index (χ0n) is 18.6. The Balaban J connectivity index is 1.90. The molecule has 0 heterocycles. The summed E-state index contributed by atoms with van der Waals surface area (Å²) >= 11 is 6.30. The fourth-order valence-electron chi connectivity index (χ4n) is 4.98. The van der Waals surface area contributed by atoms with Crippen molar-refractivity contribution in [1.29, 1.82) is 0 Å². The number of benzene rings is 2. The number of aliphatic hydroxyl groups is 1. The van der Waals surface area contributed by atoms with Gasteiger partial charge < -0.3 is 10.0 Å². The van der Waals surface area contributed by atoms with Crippen molar-refractivity contribution >= 4 is 11.6 Å². The third-order valence-corrected chi connectivity index (χ3v) is 6.76. The van der Waals surface area contributed by atoms with Crippen LogP contribution in [-0.4, -0.2) is 29.7 Å². The maximum absolute atomic E-state index is 11.9. The molecule has 3 unspecified atom stereocenters. The van der Waals surface area contributed by atoms with Gasteiger partial charge in [0, 0.05) is 23.4 Å². The van der Waals surface area contributed by atoms with Gasteiger partial charge in [-0.25, -0.2) is 0 Å². The SMILES string of the molecule is CN(C)C(c1cccc(Cl)c1)C1CCCCC1(O)Cc1ccc(C(C)(C)C)cc1. The molecular formula is C26H36ClNO. The summed E-state index contributed by atoms with van der Waals surface area (Å²) in [5.74, 6) is 0.173. The van der Waals surface area contributed by atoms with Crippen LogP contribution >= 0.6 is 11.6 Å². The van der Waals surface area contributed by atoms with Crippen molar-refractivity contribution in [2.45, 2.75) is 69.9 Å². The maximum Gasteiger partial charge on any atom is 0.0734 e. The summed E-state index contributed by atoms with van der Waals surface area (Å²) in [4.78, 5) is 2.25. The molecule has 1 aliphatic carbocycles. The van der Waals surface area contributed by atoms with Crippen molar-refractivity contribution in [1.82, 2.24) is 4.90 Å². The lowest BCUT2D eigenvalue weighted by molar-refractivity contribution is -0.0770. The second kappa shape index (κ2) is 8.79. The smallest absolute Gasteiger partial charge is 0.0734 e. The van der Waals surface area contributed by atoms with Gasteiger partial charge in [-0.15, -0.1) is 0 Å². The van der Waals surface area contributed by atoms with Crippen LogP contribution < -0.4 is 0 Å². The molecule has 3 rings (SSSR count). The molecule has 1 saturated carbocycles. The Bertz CT molecular complexity index is 808. The first kappa shape index (κ1) is 22.3. The van der Waals surface area contributed by atoms with Gasteiger partial charge in [0.15, 0.2) is 0 Å². The molecule has 1 aliphatic rings. The molecule has 2 aromatic carbocycles. The molecule has 0 aromatic heterocycles. The maximum atomic E-state index is 11.9. The molecule has 1 fully saturated rings. The topological polar surface area (TPSA) is 23.5 Å². The fraction of sp³-hybridized carbons (Fsp3) is 0.538. The summed E-state index contributed by atoms with van der Waals surface area (Å²) in [5, 5.41) is 12.7. The van der Waals surface area contributed by atoms with E-state index in [1.807, 2.05) is 12.1 Å². The van der Waals surface area contributed by atoms with E-state index in [2.05, 4.69) is 76.2 Å². The summed E-state index contributed by atoms with van der Waals surface area (Å²) in [6, 6.07) is 17.1. The molecule has 3 heteroatoms. The highest BCUT2D eigenvalue weighted by Gasteiger charge is 2.44. The van der Waals surface area contributed by atoms with E-state index in [1.165, 1.54) is 23.1 Å². The Morgan fingerprint density at radius 1 is 1.10 bits per heavy atom. The van der Waals surface area contributed by atoms with Crippen molar-refractivity contribution in [2.75, 3.05) is 14.1 Å². The number of hydrogen-bond donors (Lipinski definition) is 1. The molecule has 0 bridgehead atoms. The Hall–Kier alpha value is -1.35. The molecule has 3 atom stereocenters. The molecule has 29 heavy (non-hydrogen) atoms. The Labute approximate surface area is 181 Å². The van der Waals surface area contributed by atoms with E-state index in [0.717, 1.165) is 24.3 Å². The highest BCUT2D eigenvalue weighted by atomic mass is 35.5. The van der Waals surface area contributed by atoms with Crippen molar-refractivity contribution in [2.24, 2.45) is 5.92 Å². The summed E-state index contributed by atoms with van der Waals surface area (Å²) in [6.07, 6.45) is 4.84. The van der Waals surface area contributed by atoms with Gasteiger partial charge in [0.05, 0.1) is 5.60 Å². The average molecular weight is 414 g/mol. The second-order valence-electron chi connectivity index (χ2n) is 10.0. The first-order chi connectivity index (χ1) is 13.6. The van der Waals surface area contributed by atoms with Crippen LogP contribution in [0.25, 0.3) is 0 Å². The van der Waals surface area contributed by atoms with E-state index in [1.54, 1.807) is 0 Å². The predicted molar refractivity (Wildman–Crippen MR) is 124 cm³/mol. The third kappa shape index (κ3) is 5.23. The number of nitrogens with zero attached hydrogens (tertiary/aromatic N) is 1. The number of halogens is 1. The first-order valence-corrected chi connectivity index (χ1v) is 11.2. The van der Waals surface area contributed by atoms with Crippen LogP contribution in [-0.2, 0) is 11.8 Å². The molecule has 0 aliphatic heterocycles. The van der Waals surface area contributed by atoms with Gasteiger partial charge in [-0.05, 0) is 61.2 Å². The number of hydrogen-bond acceptors (Lipinski definition) is 2. The summed E-state index contributed by atoms with van der Waals surface area (Å²) < 4.78 is 0. The van der Waals surface area contributed by atoms with Gasteiger partial charge in [0.1, 0.15) is 0 Å².